The molecule has 0 bridgehead atoms. The molecule has 3 N–H and O–H groups in total. The molecule has 88 valence electrons. The standard InChI is InChI=1S/C14H22N2/c1-10-5-3-6-11(2)13(10)9-14(16-15)12-7-4-8-12/h3,5-6,12,14,16H,4,7-9,15H2,1-2H3. The molecule has 1 aromatic carbocycles. The van der Waals surface area contributed by atoms with Crippen LogP contribution in [-0.4, -0.2) is 6.04 Å². The Labute approximate surface area is 98.2 Å². The summed E-state index contributed by atoms with van der Waals surface area (Å²) >= 11 is 0. The van der Waals surface area contributed by atoms with Gasteiger partial charge in [-0.25, -0.2) is 0 Å². The second-order valence-electron chi connectivity index (χ2n) is 5.04. The van der Waals surface area contributed by atoms with Crippen LogP contribution in [-0.2, 0) is 6.42 Å². The summed E-state index contributed by atoms with van der Waals surface area (Å²) < 4.78 is 0. The third kappa shape index (κ3) is 2.28. The average Bonchev–Trinajstić information content (AvgIpc) is 2.19. The van der Waals surface area contributed by atoms with Crippen molar-refractivity contribution in [2.75, 3.05) is 0 Å². The Kier molecular flexibility index (Phi) is 3.62. The van der Waals surface area contributed by atoms with E-state index in [1.54, 1.807) is 0 Å². The summed E-state index contributed by atoms with van der Waals surface area (Å²) in [4.78, 5) is 0. The van der Waals surface area contributed by atoms with Gasteiger partial charge in [0.25, 0.3) is 0 Å². The van der Waals surface area contributed by atoms with Crippen molar-refractivity contribution in [2.45, 2.75) is 45.6 Å². The number of hydrogen-bond acceptors (Lipinski definition) is 2. The number of benzene rings is 1. The fraction of sp³-hybridized carbons (Fsp3) is 0.571. The zero-order valence-electron chi connectivity index (χ0n) is 10.3. The summed E-state index contributed by atoms with van der Waals surface area (Å²) in [6, 6.07) is 6.96. The third-order valence-corrected chi connectivity index (χ3v) is 4.00. The maximum absolute atomic E-state index is 5.68. The molecule has 2 nitrogen and oxygen atoms in total. The van der Waals surface area contributed by atoms with Crippen LogP contribution in [0.2, 0.25) is 0 Å². The van der Waals surface area contributed by atoms with Crippen LogP contribution in [0.15, 0.2) is 18.2 Å². The molecule has 16 heavy (non-hydrogen) atoms. The summed E-state index contributed by atoms with van der Waals surface area (Å²) in [5, 5.41) is 0. The van der Waals surface area contributed by atoms with Gasteiger partial charge in [-0.3, -0.25) is 11.3 Å². The van der Waals surface area contributed by atoms with Gasteiger partial charge in [0.05, 0.1) is 0 Å². The van der Waals surface area contributed by atoms with E-state index >= 15 is 0 Å². The predicted molar refractivity (Wildman–Crippen MR) is 68.1 cm³/mol. The monoisotopic (exact) mass is 218 g/mol. The van der Waals surface area contributed by atoms with Gasteiger partial charge in [0, 0.05) is 6.04 Å². The number of hydrogen-bond donors (Lipinski definition) is 2. The SMILES string of the molecule is Cc1cccc(C)c1CC(NN)C1CCC1. The van der Waals surface area contributed by atoms with Gasteiger partial charge in [-0.1, -0.05) is 24.6 Å². The highest BCUT2D eigenvalue weighted by atomic mass is 15.2. The first-order valence-electron chi connectivity index (χ1n) is 6.23. The number of nitrogens with two attached hydrogens (primary N) is 1. The average molecular weight is 218 g/mol. The number of hydrazine groups is 1. The Bertz CT molecular complexity index is 336. The fourth-order valence-electron chi connectivity index (χ4n) is 2.59. The lowest BCUT2D eigenvalue weighted by Gasteiger charge is -2.34. The highest BCUT2D eigenvalue weighted by Crippen LogP contribution is 2.31. The van der Waals surface area contributed by atoms with Crippen LogP contribution in [0.3, 0.4) is 0 Å². The third-order valence-electron chi connectivity index (χ3n) is 4.00. The molecule has 1 aliphatic carbocycles. The van der Waals surface area contributed by atoms with E-state index in [0.29, 0.717) is 6.04 Å². The van der Waals surface area contributed by atoms with Crippen LogP contribution >= 0.6 is 0 Å². The largest absolute Gasteiger partial charge is 0.271 e. The molecule has 1 saturated carbocycles. The van der Waals surface area contributed by atoms with E-state index in [0.717, 1.165) is 12.3 Å². The van der Waals surface area contributed by atoms with Crippen LogP contribution in [0.5, 0.6) is 0 Å². The van der Waals surface area contributed by atoms with E-state index in [1.165, 1.54) is 36.0 Å². The Hall–Kier alpha value is -0.860. The molecule has 0 amide bonds. The minimum absolute atomic E-state index is 0.452. The fourth-order valence-corrected chi connectivity index (χ4v) is 2.59. The molecule has 0 aliphatic heterocycles. The van der Waals surface area contributed by atoms with Crippen molar-refractivity contribution in [1.29, 1.82) is 0 Å². The van der Waals surface area contributed by atoms with Crippen LogP contribution < -0.4 is 11.3 Å². The molecule has 0 spiro atoms. The topological polar surface area (TPSA) is 38.0 Å². The quantitative estimate of drug-likeness (QED) is 0.602. The molecule has 2 rings (SSSR count). The smallest absolute Gasteiger partial charge is 0.0279 e. The molecule has 1 unspecified atom stereocenters. The van der Waals surface area contributed by atoms with E-state index in [9.17, 15) is 0 Å². The predicted octanol–water partition coefficient (Wildman–Crippen LogP) is 2.48. The molecule has 0 saturated heterocycles. The van der Waals surface area contributed by atoms with Crippen molar-refractivity contribution < 1.29 is 0 Å². The highest BCUT2D eigenvalue weighted by molar-refractivity contribution is 5.34. The molecule has 0 radical (unpaired) electrons. The van der Waals surface area contributed by atoms with Gasteiger partial charge in [-0.2, -0.15) is 0 Å². The minimum Gasteiger partial charge on any atom is -0.271 e. The molecule has 1 aliphatic rings. The zero-order chi connectivity index (χ0) is 11.5. The van der Waals surface area contributed by atoms with Crippen molar-refractivity contribution in [3.63, 3.8) is 0 Å². The highest BCUT2D eigenvalue weighted by Gasteiger charge is 2.27. The molecule has 0 heterocycles. The van der Waals surface area contributed by atoms with E-state index in [4.69, 9.17) is 5.84 Å². The first-order valence-corrected chi connectivity index (χ1v) is 6.23. The lowest BCUT2D eigenvalue weighted by Crippen LogP contribution is -2.45. The van der Waals surface area contributed by atoms with Crippen molar-refractivity contribution in [2.24, 2.45) is 11.8 Å². The molecule has 1 aromatic rings. The van der Waals surface area contributed by atoms with Crippen LogP contribution in [0.1, 0.15) is 36.0 Å². The zero-order valence-corrected chi connectivity index (χ0v) is 10.3. The summed E-state index contributed by atoms with van der Waals surface area (Å²) in [7, 11) is 0. The number of nitrogens with one attached hydrogen (secondary N) is 1. The van der Waals surface area contributed by atoms with Gasteiger partial charge in [0.15, 0.2) is 0 Å². The second-order valence-corrected chi connectivity index (χ2v) is 5.04. The summed E-state index contributed by atoms with van der Waals surface area (Å²) in [6.45, 7) is 4.38. The van der Waals surface area contributed by atoms with E-state index in [1.807, 2.05) is 0 Å². The molecule has 2 heteroatoms. The maximum atomic E-state index is 5.68. The van der Waals surface area contributed by atoms with Gasteiger partial charge in [-0.15, -0.1) is 0 Å². The Morgan fingerprint density at radius 1 is 1.31 bits per heavy atom. The Balaban J connectivity index is 2.11. The summed E-state index contributed by atoms with van der Waals surface area (Å²) in [5.41, 5.74) is 7.25. The van der Waals surface area contributed by atoms with Gasteiger partial charge in [-0.05, 0) is 55.7 Å². The Morgan fingerprint density at radius 3 is 2.38 bits per heavy atom. The van der Waals surface area contributed by atoms with Crippen molar-refractivity contribution in [3.05, 3.63) is 34.9 Å². The lowest BCUT2D eigenvalue weighted by atomic mass is 9.77. The van der Waals surface area contributed by atoms with Crippen molar-refractivity contribution in [3.8, 4) is 0 Å². The lowest BCUT2D eigenvalue weighted by molar-refractivity contribution is 0.228. The molecule has 0 aromatic heterocycles. The van der Waals surface area contributed by atoms with E-state index in [2.05, 4.69) is 37.5 Å². The van der Waals surface area contributed by atoms with E-state index < -0.39 is 0 Å². The van der Waals surface area contributed by atoms with Crippen LogP contribution in [0.4, 0.5) is 0 Å². The summed E-state index contributed by atoms with van der Waals surface area (Å²) in [6.07, 6.45) is 5.11. The van der Waals surface area contributed by atoms with Crippen LogP contribution in [0.25, 0.3) is 0 Å². The number of aryl methyl sites for hydroxylation is 2. The van der Waals surface area contributed by atoms with Crippen molar-refractivity contribution in [1.82, 2.24) is 5.43 Å². The van der Waals surface area contributed by atoms with Crippen LogP contribution in [0, 0.1) is 19.8 Å². The molecular formula is C14H22N2. The molecular weight excluding hydrogens is 196 g/mol. The first-order chi connectivity index (χ1) is 7.72. The van der Waals surface area contributed by atoms with Gasteiger partial charge < -0.3 is 0 Å². The maximum Gasteiger partial charge on any atom is 0.0279 e. The normalized spacial score (nSPS) is 18.2. The van der Waals surface area contributed by atoms with Gasteiger partial charge >= 0.3 is 0 Å². The first kappa shape index (κ1) is 11.6. The van der Waals surface area contributed by atoms with Gasteiger partial charge in [0.2, 0.25) is 0 Å². The minimum atomic E-state index is 0.452. The second kappa shape index (κ2) is 4.98. The Morgan fingerprint density at radius 2 is 1.94 bits per heavy atom. The summed E-state index contributed by atoms with van der Waals surface area (Å²) in [5.74, 6) is 6.46. The molecule has 1 fully saturated rings. The van der Waals surface area contributed by atoms with Crippen molar-refractivity contribution >= 4 is 0 Å². The van der Waals surface area contributed by atoms with Gasteiger partial charge in [0.1, 0.15) is 0 Å². The van der Waals surface area contributed by atoms with E-state index in [-0.39, 0.29) is 0 Å². The number of rotatable bonds is 4. The molecule has 1 atom stereocenters.